The van der Waals surface area contributed by atoms with Crippen molar-refractivity contribution in [2.24, 2.45) is 0 Å². The predicted molar refractivity (Wildman–Crippen MR) is 61.8 cm³/mol. The predicted octanol–water partition coefficient (Wildman–Crippen LogP) is 1.68. The molecule has 2 radical (unpaired) electrons. The van der Waals surface area contributed by atoms with Crippen LogP contribution in [0.25, 0.3) is 11.0 Å². The maximum atomic E-state index is 13.4. The summed E-state index contributed by atoms with van der Waals surface area (Å²) in [6.45, 7) is 1.95. The molecule has 2 rings (SSSR count). The van der Waals surface area contributed by atoms with Gasteiger partial charge in [-0.3, -0.25) is 4.79 Å². The van der Waals surface area contributed by atoms with E-state index in [2.05, 4.69) is 0 Å². The van der Waals surface area contributed by atoms with Crippen molar-refractivity contribution in [1.29, 1.82) is 0 Å². The van der Waals surface area contributed by atoms with Gasteiger partial charge in [-0.2, -0.15) is 0 Å². The summed E-state index contributed by atoms with van der Waals surface area (Å²) in [7, 11) is 5.63. The maximum Gasteiger partial charge on any atom is 0.188 e. The first-order chi connectivity index (χ1) is 7.65. The molecule has 2 nitrogen and oxygen atoms in total. The molecule has 0 saturated carbocycles. The quantitative estimate of drug-likeness (QED) is 0.714. The van der Waals surface area contributed by atoms with Gasteiger partial charge >= 0.3 is 0 Å². The Kier molecular flexibility index (Phi) is 2.81. The molecular weight excluding hydrogens is 206 g/mol. The number of rotatable bonds is 2. The Morgan fingerprint density at radius 2 is 2.19 bits per heavy atom. The van der Waals surface area contributed by atoms with Crippen LogP contribution in [0.4, 0.5) is 4.39 Å². The zero-order valence-corrected chi connectivity index (χ0v) is 8.92. The van der Waals surface area contributed by atoms with E-state index in [-0.39, 0.29) is 16.4 Å². The van der Waals surface area contributed by atoms with Crippen LogP contribution in [0.2, 0.25) is 0 Å². The van der Waals surface area contributed by atoms with Gasteiger partial charge in [-0.25, -0.2) is 4.39 Å². The molecule has 0 aliphatic rings. The van der Waals surface area contributed by atoms with Gasteiger partial charge in [0.1, 0.15) is 25.0 Å². The first kappa shape index (κ1) is 10.9. The summed E-state index contributed by atoms with van der Waals surface area (Å²) in [6.07, 6.45) is 1.39. The molecule has 1 aromatic heterocycles. The number of hydrogen-bond donors (Lipinski definition) is 0. The lowest BCUT2D eigenvalue weighted by molar-refractivity contribution is 0.534. The SMILES string of the molecule is [B]c1c(CCC)oc2cccc(F)c2c1=O. The monoisotopic (exact) mass is 216 g/mol. The van der Waals surface area contributed by atoms with Gasteiger partial charge in [0.15, 0.2) is 5.43 Å². The Balaban J connectivity index is 2.83. The highest BCUT2D eigenvalue weighted by Gasteiger charge is 2.12. The lowest BCUT2D eigenvalue weighted by atomic mass is 9.91. The van der Waals surface area contributed by atoms with Crippen LogP contribution in [-0.2, 0) is 6.42 Å². The van der Waals surface area contributed by atoms with Gasteiger partial charge in [-0.15, -0.1) is 0 Å². The summed E-state index contributed by atoms with van der Waals surface area (Å²) in [5.74, 6) is -0.161. The van der Waals surface area contributed by atoms with Gasteiger partial charge in [0.05, 0.1) is 5.39 Å². The number of aryl methyl sites for hydroxylation is 1. The zero-order valence-electron chi connectivity index (χ0n) is 8.92. The third kappa shape index (κ3) is 1.64. The van der Waals surface area contributed by atoms with Gasteiger partial charge in [0.25, 0.3) is 0 Å². The third-order valence-electron chi connectivity index (χ3n) is 2.46. The largest absolute Gasteiger partial charge is 0.461 e. The fourth-order valence-corrected chi connectivity index (χ4v) is 1.67. The van der Waals surface area contributed by atoms with E-state index in [0.717, 1.165) is 6.42 Å². The minimum atomic E-state index is -0.596. The van der Waals surface area contributed by atoms with Crippen LogP contribution in [0.3, 0.4) is 0 Å². The van der Waals surface area contributed by atoms with Crippen molar-refractivity contribution in [1.82, 2.24) is 0 Å². The summed E-state index contributed by atoms with van der Waals surface area (Å²) in [4.78, 5) is 11.8. The van der Waals surface area contributed by atoms with E-state index in [0.29, 0.717) is 12.2 Å². The first-order valence-corrected chi connectivity index (χ1v) is 5.14. The number of halogens is 1. The topological polar surface area (TPSA) is 30.2 Å². The second-order valence-electron chi connectivity index (χ2n) is 3.63. The van der Waals surface area contributed by atoms with Gasteiger partial charge in [-0.05, 0) is 24.0 Å². The zero-order chi connectivity index (χ0) is 11.7. The lowest BCUT2D eigenvalue weighted by Crippen LogP contribution is -2.29. The van der Waals surface area contributed by atoms with Crippen molar-refractivity contribution in [2.45, 2.75) is 19.8 Å². The van der Waals surface area contributed by atoms with Crippen molar-refractivity contribution in [3.05, 3.63) is 40.0 Å². The molecule has 0 atom stereocenters. The second kappa shape index (κ2) is 4.12. The molecule has 0 N–H and O–H groups in total. The molecule has 2 aromatic rings. The Morgan fingerprint density at radius 3 is 2.88 bits per heavy atom. The van der Waals surface area contributed by atoms with Gasteiger partial charge in [0.2, 0.25) is 0 Å². The Labute approximate surface area is 93.5 Å². The average molecular weight is 216 g/mol. The van der Waals surface area contributed by atoms with Crippen molar-refractivity contribution in [3.8, 4) is 0 Å². The highest BCUT2D eigenvalue weighted by molar-refractivity contribution is 6.33. The summed E-state index contributed by atoms with van der Waals surface area (Å²) in [5, 5.41) is -0.0696. The van der Waals surface area contributed by atoms with Crippen LogP contribution in [0.1, 0.15) is 19.1 Å². The van der Waals surface area contributed by atoms with Crippen LogP contribution in [0.5, 0.6) is 0 Å². The highest BCUT2D eigenvalue weighted by atomic mass is 19.1. The standard InChI is InChI=1S/C12H10BFO2/c1-2-4-9-11(13)12(15)10-7(14)5-3-6-8(10)16-9/h3,5-6H,2,4H2,1H3. The lowest BCUT2D eigenvalue weighted by Gasteiger charge is -2.06. The molecule has 0 saturated heterocycles. The van der Waals surface area contributed by atoms with E-state index in [4.69, 9.17) is 12.3 Å². The minimum Gasteiger partial charge on any atom is -0.461 e. The molecule has 4 heteroatoms. The second-order valence-corrected chi connectivity index (χ2v) is 3.63. The summed E-state index contributed by atoms with van der Waals surface area (Å²) < 4.78 is 18.9. The molecule has 0 unspecified atom stereocenters. The van der Waals surface area contributed by atoms with Gasteiger partial charge < -0.3 is 4.42 Å². The van der Waals surface area contributed by atoms with Crippen LogP contribution in [-0.4, -0.2) is 7.85 Å². The first-order valence-electron chi connectivity index (χ1n) is 5.14. The number of hydrogen-bond acceptors (Lipinski definition) is 2. The molecular formula is C12H10BFO2. The van der Waals surface area contributed by atoms with Crippen LogP contribution in [0.15, 0.2) is 27.4 Å². The molecule has 16 heavy (non-hydrogen) atoms. The molecule has 0 aliphatic carbocycles. The fraction of sp³-hybridized carbons (Fsp3) is 0.250. The molecule has 80 valence electrons. The number of fused-ring (bicyclic) bond motifs is 1. The Hall–Kier alpha value is -1.58. The van der Waals surface area contributed by atoms with E-state index in [1.54, 1.807) is 6.07 Å². The van der Waals surface area contributed by atoms with Crippen LogP contribution < -0.4 is 10.9 Å². The van der Waals surface area contributed by atoms with Crippen molar-refractivity contribution < 1.29 is 8.81 Å². The van der Waals surface area contributed by atoms with Crippen molar-refractivity contribution >= 4 is 24.3 Å². The minimum absolute atomic E-state index is 0.0134. The van der Waals surface area contributed by atoms with E-state index in [1.807, 2.05) is 6.92 Å². The van der Waals surface area contributed by atoms with E-state index >= 15 is 0 Å². The fourth-order valence-electron chi connectivity index (χ4n) is 1.67. The molecule has 0 fully saturated rings. The average Bonchev–Trinajstić information content (AvgIpc) is 2.25. The van der Waals surface area contributed by atoms with Crippen molar-refractivity contribution in [2.75, 3.05) is 0 Å². The highest BCUT2D eigenvalue weighted by Crippen LogP contribution is 2.14. The third-order valence-corrected chi connectivity index (χ3v) is 2.46. The molecule has 0 amide bonds. The summed E-state index contributed by atoms with van der Waals surface area (Å²) in [5.41, 5.74) is -0.218. The van der Waals surface area contributed by atoms with E-state index < -0.39 is 11.2 Å². The van der Waals surface area contributed by atoms with Crippen LogP contribution >= 0.6 is 0 Å². The Bertz CT molecular complexity index is 589. The molecule has 0 bridgehead atoms. The molecule has 1 aromatic carbocycles. The number of benzene rings is 1. The Morgan fingerprint density at radius 1 is 1.44 bits per heavy atom. The molecule has 1 heterocycles. The van der Waals surface area contributed by atoms with Crippen molar-refractivity contribution in [3.63, 3.8) is 0 Å². The smallest absolute Gasteiger partial charge is 0.188 e. The summed E-state index contributed by atoms with van der Waals surface area (Å²) in [6, 6.07) is 4.29. The molecule has 0 aliphatic heterocycles. The van der Waals surface area contributed by atoms with E-state index in [1.165, 1.54) is 12.1 Å². The van der Waals surface area contributed by atoms with E-state index in [9.17, 15) is 9.18 Å². The maximum absolute atomic E-state index is 13.4. The molecule has 0 spiro atoms. The summed E-state index contributed by atoms with van der Waals surface area (Å²) >= 11 is 0. The van der Waals surface area contributed by atoms with Crippen LogP contribution in [0, 0.1) is 5.82 Å². The normalized spacial score (nSPS) is 10.9. The van der Waals surface area contributed by atoms with Gasteiger partial charge in [0, 0.05) is 6.42 Å². The van der Waals surface area contributed by atoms with Gasteiger partial charge in [-0.1, -0.05) is 13.0 Å².